The second kappa shape index (κ2) is 10.2. The highest BCUT2D eigenvalue weighted by Gasteiger charge is 2.42. The maximum Gasteiger partial charge on any atom is 0.282 e. The van der Waals surface area contributed by atoms with Gasteiger partial charge in [-0.1, -0.05) is 18.0 Å². The van der Waals surface area contributed by atoms with Crippen molar-refractivity contribution in [3.8, 4) is 0 Å². The quantitative estimate of drug-likeness (QED) is 0.493. The maximum absolute atomic E-state index is 13.4. The van der Waals surface area contributed by atoms with Crippen LogP contribution in [0.1, 0.15) is 63.2 Å². The lowest BCUT2D eigenvalue weighted by molar-refractivity contribution is -0.150. The van der Waals surface area contributed by atoms with Crippen molar-refractivity contribution in [3.63, 3.8) is 0 Å². The molecular weight excluding hydrogens is 454 g/mol. The fourth-order valence-electron chi connectivity index (χ4n) is 4.06. The van der Waals surface area contributed by atoms with Crippen LogP contribution < -0.4 is 5.48 Å². The van der Waals surface area contributed by atoms with Gasteiger partial charge in [-0.3, -0.25) is 14.4 Å². The van der Waals surface area contributed by atoms with E-state index in [2.05, 4.69) is 5.48 Å². The third-order valence-corrected chi connectivity index (χ3v) is 8.09. The topological polar surface area (TPSA) is 96.0 Å². The molecule has 32 heavy (non-hydrogen) atoms. The Kier molecular flexibility index (Phi) is 7.98. The van der Waals surface area contributed by atoms with Gasteiger partial charge in [0.25, 0.3) is 16.1 Å². The number of halogens is 1. The first kappa shape index (κ1) is 25.1. The zero-order valence-corrected chi connectivity index (χ0v) is 20.4. The summed E-state index contributed by atoms with van der Waals surface area (Å²) in [4.78, 5) is 30.8. The van der Waals surface area contributed by atoms with Crippen molar-refractivity contribution < 1.29 is 22.8 Å². The summed E-state index contributed by atoms with van der Waals surface area (Å²) in [7, 11) is -3.83. The number of benzene rings is 1. The number of nitrogens with zero attached hydrogens (tertiary/aromatic N) is 2. The van der Waals surface area contributed by atoms with E-state index in [0.29, 0.717) is 42.8 Å². The monoisotopic (exact) mass is 485 g/mol. The molecule has 178 valence electrons. The Labute approximate surface area is 195 Å². The van der Waals surface area contributed by atoms with Crippen molar-refractivity contribution in [3.05, 3.63) is 34.9 Å². The number of Topliss-reactive ketones (excluding diaryl/α,β-unsaturated/α-hetero) is 1. The SMILES string of the molecule is CC(C)(C)ONC(=O)[C@H]1CCCCN1S(=O)(=O)N1CCC(C(=O)c2ccc(Cl)cc2)CC1. The van der Waals surface area contributed by atoms with Crippen LogP contribution in [-0.2, 0) is 19.8 Å². The molecule has 2 aliphatic rings. The normalized spacial score (nSPS) is 21.9. The molecule has 1 amide bonds. The number of hydroxylamine groups is 1. The lowest BCUT2D eigenvalue weighted by Gasteiger charge is -2.39. The zero-order chi connectivity index (χ0) is 23.5. The summed E-state index contributed by atoms with van der Waals surface area (Å²) in [6.45, 7) is 6.19. The van der Waals surface area contributed by atoms with E-state index in [1.165, 1.54) is 8.61 Å². The Bertz CT molecular complexity index is 922. The Balaban J connectivity index is 1.64. The van der Waals surface area contributed by atoms with E-state index in [-0.39, 0.29) is 24.8 Å². The van der Waals surface area contributed by atoms with Gasteiger partial charge in [0.05, 0.1) is 5.60 Å². The summed E-state index contributed by atoms with van der Waals surface area (Å²) in [5.74, 6) is -0.674. The molecule has 2 fully saturated rings. The molecule has 0 spiro atoms. The molecule has 8 nitrogen and oxygen atoms in total. The standard InChI is InChI=1S/C22H32ClN3O5S/c1-22(2,3)31-24-21(28)19-6-4-5-13-26(19)32(29,30)25-14-11-17(12-15-25)20(27)16-7-9-18(23)10-8-16/h7-10,17,19H,4-6,11-15H2,1-3H3,(H,24,28)/t19-/m1/s1. The van der Waals surface area contributed by atoms with Crippen molar-refractivity contribution >= 4 is 33.5 Å². The molecule has 0 unspecified atom stereocenters. The number of carbonyl (C=O) groups is 2. The Morgan fingerprint density at radius 1 is 1.03 bits per heavy atom. The number of hydrogen-bond donors (Lipinski definition) is 1. The highest BCUT2D eigenvalue weighted by molar-refractivity contribution is 7.86. The Morgan fingerprint density at radius 2 is 1.66 bits per heavy atom. The van der Waals surface area contributed by atoms with Crippen molar-refractivity contribution in [2.75, 3.05) is 19.6 Å². The van der Waals surface area contributed by atoms with Crippen molar-refractivity contribution in [2.45, 2.75) is 64.5 Å². The van der Waals surface area contributed by atoms with E-state index in [1.54, 1.807) is 45.0 Å². The number of ketones is 1. The van der Waals surface area contributed by atoms with Crippen LogP contribution >= 0.6 is 11.6 Å². The third-order valence-electron chi connectivity index (χ3n) is 5.79. The van der Waals surface area contributed by atoms with Crippen LogP contribution in [-0.4, -0.2) is 60.0 Å². The first-order chi connectivity index (χ1) is 15.0. The van der Waals surface area contributed by atoms with Gasteiger partial charge in [0.15, 0.2) is 5.78 Å². The van der Waals surface area contributed by atoms with Gasteiger partial charge in [-0.15, -0.1) is 0 Å². The van der Waals surface area contributed by atoms with Crippen LogP contribution in [0.15, 0.2) is 24.3 Å². The predicted molar refractivity (Wildman–Crippen MR) is 122 cm³/mol. The van der Waals surface area contributed by atoms with Gasteiger partial charge >= 0.3 is 0 Å². The lowest BCUT2D eigenvalue weighted by Crippen LogP contribution is -2.57. The molecule has 1 aromatic carbocycles. The smallest absolute Gasteiger partial charge is 0.282 e. The average molecular weight is 486 g/mol. The summed E-state index contributed by atoms with van der Waals surface area (Å²) in [6, 6.07) is 5.96. The molecule has 2 saturated heterocycles. The van der Waals surface area contributed by atoms with Gasteiger partial charge in [-0.05, 0) is 70.7 Å². The minimum Gasteiger partial charge on any atom is -0.294 e. The number of nitrogens with one attached hydrogen (secondary N) is 1. The largest absolute Gasteiger partial charge is 0.294 e. The van der Waals surface area contributed by atoms with Gasteiger partial charge < -0.3 is 0 Å². The maximum atomic E-state index is 13.4. The fourth-order valence-corrected chi connectivity index (χ4v) is 6.04. The van der Waals surface area contributed by atoms with Gasteiger partial charge in [0.1, 0.15) is 6.04 Å². The van der Waals surface area contributed by atoms with Crippen LogP contribution in [0.4, 0.5) is 0 Å². The molecule has 0 aliphatic carbocycles. The summed E-state index contributed by atoms with van der Waals surface area (Å²) < 4.78 is 29.4. The minimum atomic E-state index is -3.83. The minimum absolute atomic E-state index is 0.00766. The van der Waals surface area contributed by atoms with E-state index >= 15 is 0 Å². The number of piperidine rings is 2. The van der Waals surface area contributed by atoms with Crippen molar-refractivity contribution in [2.24, 2.45) is 5.92 Å². The van der Waals surface area contributed by atoms with Crippen LogP contribution in [0, 0.1) is 5.92 Å². The molecular formula is C22H32ClN3O5S. The Hall–Kier alpha value is -1.52. The number of hydrogen-bond acceptors (Lipinski definition) is 5. The molecule has 10 heteroatoms. The molecule has 0 bridgehead atoms. The van der Waals surface area contributed by atoms with E-state index in [0.717, 1.165) is 6.42 Å². The first-order valence-corrected chi connectivity index (χ1v) is 12.8. The summed E-state index contributed by atoms with van der Waals surface area (Å²) in [6.07, 6.45) is 2.81. The van der Waals surface area contributed by atoms with Crippen LogP contribution in [0.3, 0.4) is 0 Å². The van der Waals surface area contributed by atoms with E-state index in [1.807, 2.05) is 0 Å². The van der Waals surface area contributed by atoms with Gasteiger partial charge in [-0.2, -0.15) is 17.0 Å². The fraction of sp³-hybridized carbons (Fsp3) is 0.636. The van der Waals surface area contributed by atoms with Gasteiger partial charge in [0, 0.05) is 36.1 Å². The van der Waals surface area contributed by atoms with E-state index in [4.69, 9.17) is 16.4 Å². The number of amides is 1. The van der Waals surface area contributed by atoms with Gasteiger partial charge in [-0.25, -0.2) is 5.48 Å². The molecule has 1 aromatic rings. The molecule has 2 heterocycles. The van der Waals surface area contributed by atoms with E-state index < -0.39 is 27.8 Å². The van der Waals surface area contributed by atoms with Crippen LogP contribution in [0.2, 0.25) is 5.02 Å². The number of carbonyl (C=O) groups excluding carboxylic acids is 2. The highest BCUT2D eigenvalue weighted by Crippen LogP contribution is 2.28. The molecule has 3 rings (SSSR count). The zero-order valence-electron chi connectivity index (χ0n) is 18.8. The van der Waals surface area contributed by atoms with Gasteiger partial charge in [0.2, 0.25) is 0 Å². The van der Waals surface area contributed by atoms with E-state index in [9.17, 15) is 18.0 Å². The molecule has 0 radical (unpaired) electrons. The summed E-state index contributed by atoms with van der Waals surface area (Å²) in [5.41, 5.74) is 2.43. The summed E-state index contributed by atoms with van der Waals surface area (Å²) >= 11 is 5.90. The number of rotatable bonds is 6. The first-order valence-electron chi connectivity index (χ1n) is 11.0. The lowest BCUT2D eigenvalue weighted by atomic mass is 9.90. The molecule has 2 aliphatic heterocycles. The highest BCUT2D eigenvalue weighted by atomic mass is 35.5. The van der Waals surface area contributed by atoms with Crippen LogP contribution in [0.5, 0.6) is 0 Å². The molecule has 0 saturated carbocycles. The second-order valence-electron chi connectivity index (χ2n) is 9.36. The predicted octanol–water partition coefficient (Wildman–Crippen LogP) is 3.18. The summed E-state index contributed by atoms with van der Waals surface area (Å²) in [5, 5.41) is 0.565. The third kappa shape index (κ3) is 6.08. The average Bonchev–Trinajstić information content (AvgIpc) is 2.77. The van der Waals surface area contributed by atoms with Crippen molar-refractivity contribution in [1.82, 2.24) is 14.1 Å². The molecule has 1 atom stereocenters. The Morgan fingerprint density at radius 3 is 2.25 bits per heavy atom. The second-order valence-corrected chi connectivity index (χ2v) is 11.7. The van der Waals surface area contributed by atoms with Crippen molar-refractivity contribution in [1.29, 1.82) is 0 Å². The molecule has 1 N–H and O–H groups in total. The molecule has 0 aromatic heterocycles. The van der Waals surface area contributed by atoms with Crippen LogP contribution in [0.25, 0.3) is 0 Å².